The Morgan fingerprint density at radius 2 is 1.78 bits per heavy atom. The molecule has 0 aliphatic heterocycles. The van der Waals surface area contributed by atoms with Gasteiger partial charge in [0.2, 0.25) is 5.91 Å². The highest BCUT2D eigenvalue weighted by Crippen LogP contribution is 2.37. The van der Waals surface area contributed by atoms with Gasteiger partial charge >= 0.3 is 0 Å². The molecule has 1 rings (SSSR count). The van der Waals surface area contributed by atoms with Crippen LogP contribution < -0.4 is 5.32 Å². The van der Waals surface area contributed by atoms with Gasteiger partial charge in [0.05, 0.1) is 18.0 Å². The molecule has 0 unspecified atom stereocenters. The molecule has 1 aromatic heterocycles. The van der Waals surface area contributed by atoms with Gasteiger partial charge in [0.25, 0.3) is 0 Å². The van der Waals surface area contributed by atoms with Crippen molar-refractivity contribution in [1.29, 1.82) is 0 Å². The summed E-state index contributed by atoms with van der Waals surface area (Å²) in [5, 5.41) is 3.25. The zero-order valence-electron chi connectivity index (χ0n) is 15.5. The molecule has 0 spiro atoms. The first-order chi connectivity index (χ1) is 10.2. The van der Waals surface area contributed by atoms with Crippen LogP contribution in [-0.2, 0) is 15.8 Å². The van der Waals surface area contributed by atoms with Gasteiger partial charge in [-0.15, -0.1) is 0 Å². The van der Waals surface area contributed by atoms with Crippen LogP contribution in [0, 0.1) is 5.41 Å². The van der Waals surface area contributed by atoms with Gasteiger partial charge in [0, 0.05) is 5.41 Å². The quantitative estimate of drug-likeness (QED) is 0.592. The van der Waals surface area contributed by atoms with Crippen LogP contribution >= 0.6 is 11.6 Å². The lowest BCUT2D eigenvalue weighted by atomic mass is 9.95. The van der Waals surface area contributed by atoms with Gasteiger partial charge in [0.15, 0.2) is 13.5 Å². The molecule has 130 valence electrons. The van der Waals surface area contributed by atoms with Crippen LogP contribution in [0.15, 0.2) is 12.1 Å². The minimum atomic E-state index is -1.82. The highest BCUT2D eigenvalue weighted by atomic mass is 35.5. The van der Waals surface area contributed by atoms with Gasteiger partial charge < -0.3 is 9.74 Å². The highest BCUT2D eigenvalue weighted by molar-refractivity contribution is 6.74. The zero-order valence-corrected chi connectivity index (χ0v) is 17.3. The van der Waals surface area contributed by atoms with Crippen molar-refractivity contribution in [2.75, 3.05) is 5.32 Å². The lowest BCUT2D eigenvalue weighted by Crippen LogP contribution is -2.40. The first-order valence-corrected chi connectivity index (χ1v) is 11.1. The van der Waals surface area contributed by atoms with Gasteiger partial charge in [-0.05, 0) is 30.3 Å². The molecule has 0 radical (unpaired) electrons. The first kappa shape index (κ1) is 20.1. The number of carbonyl (C=O) groups is 1. The summed E-state index contributed by atoms with van der Waals surface area (Å²) < 4.78 is 6.14. The SMILES string of the molecule is CC(C)(C)C(=O)Nc1ccc(CO[Si](C)(C)C(C)(C)C)nc1Cl. The zero-order chi connectivity index (χ0) is 18.1. The molecule has 1 aromatic rings. The van der Waals surface area contributed by atoms with Crippen LogP contribution in [0.1, 0.15) is 47.2 Å². The van der Waals surface area contributed by atoms with E-state index in [1.54, 1.807) is 6.07 Å². The van der Waals surface area contributed by atoms with E-state index in [1.807, 2.05) is 26.8 Å². The molecule has 1 amide bonds. The standard InChI is InChI=1S/C17H29ClN2O2Si/c1-16(2,3)15(21)20-13-10-9-12(19-14(13)18)11-22-23(7,8)17(4,5)6/h9-10H,11H2,1-8H3,(H,20,21). The summed E-state index contributed by atoms with van der Waals surface area (Å²) in [6.07, 6.45) is 0. The molecule has 4 nitrogen and oxygen atoms in total. The third kappa shape index (κ3) is 5.59. The van der Waals surface area contributed by atoms with E-state index < -0.39 is 13.7 Å². The van der Waals surface area contributed by atoms with Gasteiger partial charge in [-0.3, -0.25) is 4.79 Å². The maximum absolute atomic E-state index is 12.0. The molecule has 0 saturated carbocycles. The van der Waals surface area contributed by atoms with Crippen LogP contribution in [0.5, 0.6) is 0 Å². The molecule has 0 bridgehead atoms. The Balaban J connectivity index is 2.80. The van der Waals surface area contributed by atoms with Gasteiger partial charge in [-0.2, -0.15) is 0 Å². The number of anilines is 1. The van der Waals surface area contributed by atoms with Gasteiger partial charge in [-0.1, -0.05) is 53.1 Å². The number of hydrogen-bond acceptors (Lipinski definition) is 3. The Morgan fingerprint density at radius 1 is 1.22 bits per heavy atom. The average molecular weight is 357 g/mol. The summed E-state index contributed by atoms with van der Waals surface area (Å²) in [6, 6.07) is 3.63. The molecule has 0 fully saturated rings. The van der Waals surface area contributed by atoms with Crippen molar-refractivity contribution in [1.82, 2.24) is 4.98 Å². The van der Waals surface area contributed by atoms with E-state index in [1.165, 1.54) is 0 Å². The van der Waals surface area contributed by atoms with Gasteiger partial charge in [0.1, 0.15) is 0 Å². The van der Waals surface area contributed by atoms with E-state index in [0.29, 0.717) is 17.4 Å². The van der Waals surface area contributed by atoms with Gasteiger partial charge in [-0.25, -0.2) is 4.98 Å². The smallest absolute Gasteiger partial charge is 0.229 e. The van der Waals surface area contributed by atoms with Crippen molar-refractivity contribution >= 4 is 31.5 Å². The minimum Gasteiger partial charge on any atom is -0.411 e. The predicted molar refractivity (Wildman–Crippen MR) is 99.3 cm³/mol. The molecule has 0 aliphatic carbocycles. The fourth-order valence-electron chi connectivity index (χ4n) is 1.43. The molecule has 1 heterocycles. The molecule has 23 heavy (non-hydrogen) atoms. The van der Waals surface area contributed by atoms with E-state index >= 15 is 0 Å². The molecule has 0 aromatic carbocycles. The summed E-state index contributed by atoms with van der Waals surface area (Å²) in [5.74, 6) is -0.0912. The number of nitrogens with zero attached hydrogens (tertiary/aromatic N) is 1. The van der Waals surface area contributed by atoms with Crippen LogP contribution in [0.2, 0.25) is 23.3 Å². The number of pyridine rings is 1. The molecule has 1 N–H and O–H groups in total. The Hall–Kier alpha value is -0.913. The monoisotopic (exact) mass is 356 g/mol. The van der Waals surface area contributed by atoms with Crippen molar-refractivity contribution in [3.05, 3.63) is 23.0 Å². The largest absolute Gasteiger partial charge is 0.411 e. The second-order valence-electron chi connectivity index (χ2n) is 8.39. The van der Waals surface area contributed by atoms with E-state index in [0.717, 1.165) is 5.69 Å². The number of carbonyl (C=O) groups excluding carboxylic acids is 1. The van der Waals surface area contributed by atoms with Crippen molar-refractivity contribution in [2.45, 2.75) is 66.3 Å². The maximum Gasteiger partial charge on any atom is 0.229 e. The molecular formula is C17H29ClN2O2Si. The lowest BCUT2D eigenvalue weighted by Gasteiger charge is -2.36. The third-order valence-electron chi connectivity index (χ3n) is 4.22. The number of hydrogen-bond donors (Lipinski definition) is 1. The Morgan fingerprint density at radius 3 is 2.22 bits per heavy atom. The Kier molecular flexibility index (Phi) is 6.05. The number of halogens is 1. The lowest BCUT2D eigenvalue weighted by molar-refractivity contribution is -0.123. The summed E-state index contributed by atoms with van der Waals surface area (Å²) in [5.41, 5.74) is 0.823. The van der Waals surface area contributed by atoms with E-state index in [-0.39, 0.29) is 10.9 Å². The van der Waals surface area contributed by atoms with Crippen molar-refractivity contribution in [3.63, 3.8) is 0 Å². The first-order valence-electron chi connectivity index (χ1n) is 7.85. The second kappa shape index (κ2) is 6.91. The van der Waals surface area contributed by atoms with Crippen molar-refractivity contribution in [2.24, 2.45) is 5.41 Å². The predicted octanol–water partition coefficient (Wildman–Crippen LogP) is 5.24. The molecule has 0 saturated heterocycles. The second-order valence-corrected chi connectivity index (χ2v) is 13.6. The van der Waals surface area contributed by atoms with Crippen LogP contribution in [0.3, 0.4) is 0 Å². The highest BCUT2D eigenvalue weighted by Gasteiger charge is 2.37. The minimum absolute atomic E-state index is 0.0912. The summed E-state index contributed by atoms with van der Waals surface area (Å²) >= 11 is 6.19. The Labute approximate surface area is 146 Å². The van der Waals surface area contributed by atoms with Crippen LogP contribution in [0.4, 0.5) is 5.69 Å². The molecular weight excluding hydrogens is 328 g/mol. The van der Waals surface area contributed by atoms with E-state index in [2.05, 4.69) is 44.2 Å². The fraction of sp³-hybridized carbons (Fsp3) is 0.647. The van der Waals surface area contributed by atoms with Crippen molar-refractivity contribution < 1.29 is 9.22 Å². The van der Waals surface area contributed by atoms with Crippen LogP contribution in [0.25, 0.3) is 0 Å². The third-order valence-corrected chi connectivity index (χ3v) is 8.99. The summed E-state index contributed by atoms with van der Waals surface area (Å²) in [6.45, 7) is 17.0. The molecule has 0 atom stereocenters. The fourth-order valence-corrected chi connectivity index (χ4v) is 2.59. The average Bonchev–Trinajstić information content (AvgIpc) is 2.36. The summed E-state index contributed by atoms with van der Waals surface area (Å²) in [7, 11) is -1.82. The van der Waals surface area contributed by atoms with Crippen molar-refractivity contribution in [3.8, 4) is 0 Å². The van der Waals surface area contributed by atoms with Crippen LogP contribution in [-0.4, -0.2) is 19.2 Å². The molecule has 6 heteroatoms. The topological polar surface area (TPSA) is 51.2 Å². The number of amides is 1. The van der Waals surface area contributed by atoms with E-state index in [9.17, 15) is 4.79 Å². The number of aromatic nitrogens is 1. The Bertz CT molecular complexity index is 575. The van der Waals surface area contributed by atoms with E-state index in [4.69, 9.17) is 16.0 Å². The number of rotatable bonds is 4. The summed E-state index contributed by atoms with van der Waals surface area (Å²) in [4.78, 5) is 16.4. The number of nitrogens with one attached hydrogen (secondary N) is 1. The maximum atomic E-state index is 12.0. The molecule has 0 aliphatic rings. The normalized spacial score (nSPS) is 13.1.